The van der Waals surface area contributed by atoms with E-state index in [0.717, 1.165) is 26.2 Å². The molecule has 6 heteroatoms. The molecule has 0 atom stereocenters. The van der Waals surface area contributed by atoms with Gasteiger partial charge in [-0.1, -0.05) is 11.6 Å². The first-order valence-electron chi connectivity index (χ1n) is 6.51. The summed E-state index contributed by atoms with van der Waals surface area (Å²) in [5, 5.41) is 3.75. The van der Waals surface area contributed by atoms with Crippen molar-refractivity contribution in [3.05, 3.63) is 33.7 Å². The van der Waals surface area contributed by atoms with Gasteiger partial charge in [-0.2, -0.15) is 0 Å². The van der Waals surface area contributed by atoms with Crippen molar-refractivity contribution in [2.45, 2.75) is 19.4 Å². The van der Waals surface area contributed by atoms with Crippen LogP contribution in [-0.4, -0.2) is 41.6 Å². The first-order chi connectivity index (χ1) is 9.16. The Morgan fingerprint density at radius 2 is 2.05 bits per heavy atom. The molecule has 2 rings (SSSR count). The lowest BCUT2D eigenvalue weighted by molar-refractivity contribution is -0.131. The first kappa shape index (κ1) is 14.1. The van der Waals surface area contributed by atoms with E-state index in [1.54, 1.807) is 16.8 Å². The zero-order valence-electron chi connectivity index (χ0n) is 10.8. The Morgan fingerprint density at radius 1 is 1.32 bits per heavy atom. The Bertz CT molecular complexity index is 495. The second kappa shape index (κ2) is 6.73. The van der Waals surface area contributed by atoms with E-state index in [9.17, 15) is 9.59 Å². The lowest BCUT2D eigenvalue weighted by atomic mass is 10.2. The fraction of sp³-hybridized carbons (Fsp3) is 0.538. The summed E-state index contributed by atoms with van der Waals surface area (Å²) in [6, 6.07) is 3.02. The van der Waals surface area contributed by atoms with E-state index in [1.807, 2.05) is 4.90 Å². The zero-order valence-corrected chi connectivity index (χ0v) is 11.5. The maximum Gasteiger partial charge on any atom is 0.250 e. The number of nitrogens with one attached hydrogen (secondary N) is 1. The number of pyridine rings is 1. The van der Waals surface area contributed by atoms with Gasteiger partial charge < -0.3 is 14.8 Å². The van der Waals surface area contributed by atoms with E-state index in [0.29, 0.717) is 24.4 Å². The van der Waals surface area contributed by atoms with E-state index < -0.39 is 0 Å². The third-order valence-electron chi connectivity index (χ3n) is 3.21. The maximum absolute atomic E-state index is 11.9. The number of piperazine rings is 1. The Balaban J connectivity index is 1.81. The van der Waals surface area contributed by atoms with Gasteiger partial charge >= 0.3 is 0 Å². The zero-order chi connectivity index (χ0) is 13.7. The second-order valence-electron chi connectivity index (χ2n) is 4.61. The fourth-order valence-electron chi connectivity index (χ4n) is 2.15. The number of nitrogens with zero attached hydrogens (tertiary/aromatic N) is 2. The lowest BCUT2D eigenvalue weighted by Gasteiger charge is -2.27. The fourth-order valence-corrected chi connectivity index (χ4v) is 2.33. The molecule has 5 nitrogen and oxygen atoms in total. The minimum absolute atomic E-state index is 0.0842. The van der Waals surface area contributed by atoms with Crippen LogP contribution < -0.4 is 10.9 Å². The molecule has 0 aliphatic carbocycles. The molecule has 0 radical (unpaired) electrons. The normalized spacial score (nSPS) is 15.5. The van der Waals surface area contributed by atoms with Gasteiger partial charge in [0.1, 0.15) is 0 Å². The van der Waals surface area contributed by atoms with Gasteiger partial charge in [-0.3, -0.25) is 9.59 Å². The van der Waals surface area contributed by atoms with Crippen molar-refractivity contribution >= 4 is 17.5 Å². The van der Waals surface area contributed by atoms with Crippen LogP contribution in [0.25, 0.3) is 0 Å². The average Bonchev–Trinajstić information content (AvgIpc) is 2.43. The molecule has 1 N–H and O–H groups in total. The quantitative estimate of drug-likeness (QED) is 0.886. The van der Waals surface area contributed by atoms with Crippen LogP contribution in [0.4, 0.5) is 0 Å². The lowest BCUT2D eigenvalue weighted by Crippen LogP contribution is -2.46. The largest absolute Gasteiger partial charge is 0.340 e. The van der Waals surface area contributed by atoms with Gasteiger partial charge in [0.2, 0.25) is 5.91 Å². The number of carbonyl (C=O) groups is 1. The molecule has 1 aromatic rings. The van der Waals surface area contributed by atoms with E-state index in [4.69, 9.17) is 11.6 Å². The summed E-state index contributed by atoms with van der Waals surface area (Å²) in [5.41, 5.74) is -0.0842. The maximum atomic E-state index is 11.9. The van der Waals surface area contributed by atoms with E-state index in [1.165, 1.54) is 6.07 Å². The number of hydrogen-bond donors (Lipinski definition) is 1. The van der Waals surface area contributed by atoms with Crippen molar-refractivity contribution in [1.82, 2.24) is 14.8 Å². The van der Waals surface area contributed by atoms with Crippen LogP contribution >= 0.6 is 11.6 Å². The molecule has 1 amide bonds. The standard InChI is InChI=1S/C13H18ClN3O2/c14-11-3-4-13(19)17(10-11)7-1-2-12(18)16-8-5-15-6-9-16/h3-4,10,15H,1-2,5-9H2. The van der Waals surface area contributed by atoms with Gasteiger partial charge in [0.15, 0.2) is 0 Å². The van der Waals surface area contributed by atoms with Crippen molar-refractivity contribution in [3.8, 4) is 0 Å². The summed E-state index contributed by atoms with van der Waals surface area (Å²) in [7, 11) is 0. The number of rotatable bonds is 4. The monoisotopic (exact) mass is 283 g/mol. The molecule has 1 saturated heterocycles. The molecule has 2 heterocycles. The first-order valence-corrected chi connectivity index (χ1v) is 6.89. The van der Waals surface area contributed by atoms with E-state index >= 15 is 0 Å². The summed E-state index contributed by atoms with van der Waals surface area (Å²) in [6.07, 6.45) is 2.74. The Morgan fingerprint density at radius 3 is 2.79 bits per heavy atom. The molecule has 0 spiro atoms. The predicted molar refractivity (Wildman–Crippen MR) is 74.4 cm³/mol. The van der Waals surface area contributed by atoms with Crippen LogP contribution in [0.5, 0.6) is 0 Å². The van der Waals surface area contributed by atoms with Crippen LogP contribution in [0.2, 0.25) is 5.02 Å². The summed E-state index contributed by atoms with van der Waals surface area (Å²) in [5.74, 6) is 0.163. The molecule has 1 fully saturated rings. The Hall–Kier alpha value is -1.33. The topological polar surface area (TPSA) is 54.3 Å². The van der Waals surface area contributed by atoms with E-state index in [-0.39, 0.29) is 11.5 Å². The molecule has 1 aliphatic heterocycles. The van der Waals surface area contributed by atoms with Gasteiger partial charge in [0, 0.05) is 51.4 Å². The smallest absolute Gasteiger partial charge is 0.250 e. The summed E-state index contributed by atoms with van der Waals surface area (Å²) in [6.45, 7) is 3.79. The van der Waals surface area contributed by atoms with Crippen molar-refractivity contribution in [2.24, 2.45) is 0 Å². The highest BCUT2D eigenvalue weighted by molar-refractivity contribution is 6.30. The van der Waals surface area contributed by atoms with Gasteiger partial charge in [0.25, 0.3) is 5.56 Å². The Kier molecular flexibility index (Phi) is 4.99. The number of aromatic nitrogens is 1. The van der Waals surface area contributed by atoms with Crippen molar-refractivity contribution in [1.29, 1.82) is 0 Å². The van der Waals surface area contributed by atoms with Crippen molar-refractivity contribution < 1.29 is 4.79 Å². The van der Waals surface area contributed by atoms with Crippen LogP contribution in [-0.2, 0) is 11.3 Å². The minimum atomic E-state index is -0.0842. The highest BCUT2D eigenvalue weighted by atomic mass is 35.5. The van der Waals surface area contributed by atoms with Crippen molar-refractivity contribution in [3.63, 3.8) is 0 Å². The van der Waals surface area contributed by atoms with Crippen molar-refractivity contribution in [2.75, 3.05) is 26.2 Å². The van der Waals surface area contributed by atoms with Gasteiger partial charge in [-0.05, 0) is 12.5 Å². The predicted octanol–water partition coefficient (Wildman–Crippen LogP) is 0.714. The third kappa shape index (κ3) is 4.08. The number of hydrogen-bond acceptors (Lipinski definition) is 3. The number of amides is 1. The molecule has 0 aromatic carbocycles. The molecular weight excluding hydrogens is 266 g/mol. The van der Waals surface area contributed by atoms with Gasteiger partial charge in [0.05, 0.1) is 5.02 Å². The number of halogens is 1. The van der Waals surface area contributed by atoms with E-state index in [2.05, 4.69) is 5.32 Å². The molecule has 0 saturated carbocycles. The third-order valence-corrected chi connectivity index (χ3v) is 3.43. The van der Waals surface area contributed by atoms with Gasteiger partial charge in [-0.25, -0.2) is 0 Å². The van der Waals surface area contributed by atoms with Gasteiger partial charge in [-0.15, -0.1) is 0 Å². The average molecular weight is 284 g/mol. The molecule has 1 aliphatic rings. The second-order valence-corrected chi connectivity index (χ2v) is 5.05. The molecule has 0 bridgehead atoms. The SMILES string of the molecule is O=C(CCCn1cc(Cl)ccc1=O)N1CCNCC1. The molecular formula is C13H18ClN3O2. The summed E-state index contributed by atoms with van der Waals surface area (Å²) in [4.78, 5) is 25.3. The molecule has 19 heavy (non-hydrogen) atoms. The van der Waals surface area contributed by atoms with Crippen LogP contribution in [0.1, 0.15) is 12.8 Å². The minimum Gasteiger partial charge on any atom is -0.340 e. The van der Waals surface area contributed by atoms with Crippen LogP contribution in [0.3, 0.4) is 0 Å². The highest BCUT2D eigenvalue weighted by Gasteiger charge is 2.15. The summed E-state index contributed by atoms with van der Waals surface area (Å²) >= 11 is 5.84. The van der Waals surface area contributed by atoms with Crippen LogP contribution in [0.15, 0.2) is 23.1 Å². The molecule has 1 aromatic heterocycles. The summed E-state index contributed by atoms with van der Waals surface area (Å²) < 4.78 is 1.55. The molecule has 104 valence electrons. The highest BCUT2D eigenvalue weighted by Crippen LogP contribution is 2.05. The van der Waals surface area contributed by atoms with Crippen LogP contribution in [0, 0.1) is 0 Å². The number of carbonyl (C=O) groups excluding carboxylic acids is 1. The number of aryl methyl sites for hydroxylation is 1. The molecule has 0 unspecified atom stereocenters. The Labute approximate surface area is 117 Å².